The second-order valence-electron chi connectivity index (χ2n) is 7.16. The molecule has 2 saturated carbocycles. The summed E-state index contributed by atoms with van der Waals surface area (Å²) >= 11 is 0. The standard InChI is InChI=1S/C19H32O/c1-3-16-6-10-18(11-7-16)15(2)19-12-8-17(9-13-19)5-4-14-20/h14,16-19H,2-13H2,1H3. The van der Waals surface area contributed by atoms with Crippen LogP contribution in [0.25, 0.3) is 0 Å². The number of allylic oxidation sites excluding steroid dienone is 1. The Labute approximate surface area is 125 Å². The highest BCUT2D eigenvalue weighted by Gasteiger charge is 2.28. The molecule has 0 aromatic rings. The minimum Gasteiger partial charge on any atom is -0.303 e. The number of carbonyl (C=O) groups excluding carboxylic acids is 1. The maximum absolute atomic E-state index is 10.5. The lowest BCUT2D eigenvalue weighted by atomic mass is 9.70. The fourth-order valence-corrected chi connectivity index (χ4v) is 4.40. The Morgan fingerprint density at radius 3 is 1.90 bits per heavy atom. The molecule has 0 atom stereocenters. The zero-order valence-corrected chi connectivity index (χ0v) is 13.3. The minimum absolute atomic E-state index is 0.761. The normalized spacial score (nSPS) is 34.6. The Bertz CT molecular complexity index is 304. The van der Waals surface area contributed by atoms with E-state index in [9.17, 15) is 4.79 Å². The number of hydrogen-bond donors (Lipinski definition) is 0. The fourth-order valence-electron chi connectivity index (χ4n) is 4.40. The summed E-state index contributed by atoms with van der Waals surface area (Å²) in [6.45, 7) is 6.82. The van der Waals surface area contributed by atoms with Crippen molar-refractivity contribution in [2.75, 3.05) is 0 Å². The van der Waals surface area contributed by atoms with Crippen molar-refractivity contribution in [2.45, 2.75) is 77.6 Å². The zero-order chi connectivity index (χ0) is 14.4. The highest BCUT2D eigenvalue weighted by atomic mass is 16.1. The molecule has 2 fully saturated rings. The van der Waals surface area contributed by atoms with E-state index < -0.39 is 0 Å². The van der Waals surface area contributed by atoms with Gasteiger partial charge in [-0.25, -0.2) is 0 Å². The minimum atomic E-state index is 0.761. The second kappa shape index (κ2) is 8.00. The van der Waals surface area contributed by atoms with Crippen LogP contribution in [0.3, 0.4) is 0 Å². The summed E-state index contributed by atoms with van der Waals surface area (Å²) in [5.41, 5.74) is 1.58. The topological polar surface area (TPSA) is 17.1 Å². The number of aldehydes is 1. The summed E-state index contributed by atoms with van der Waals surface area (Å²) in [4.78, 5) is 10.5. The van der Waals surface area contributed by atoms with E-state index in [1.54, 1.807) is 5.57 Å². The molecule has 1 nitrogen and oxygen atoms in total. The van der Waals surface area contributed by atoms with Gasteiger partial charge in [-0.3, -0.25) is 0 Å². The predicted octanol–water partition coefficient (Wildman–Crippen LogP) is 5.54. The van der Waals surface area contributed by atoms with Gasteiger partial charge in [-0.05, 0) is 81.5 Å². The summed E-state index contributed by atoms with van der Waals surface area (Å²) < 4.78 is 0. The lowest BCUT2D eigenvalue weighted by Crippen LogP contribution is -2.23. The molecule has 0 aliphatic heterocycles. The van der Waals surface area contributed by atoms with Crippen molar-refractivity contribution in [3.05, 3.63) is 12.2 Å². The molecule has 0 radical (unpaired) electrons. The molecule has 2 aliphatic rings. The molecule has 20 heavy (non-hydrogen) atoms. The Kier molecular flexibility index (Phi) is 6.32. The molecular weight excluding hydrogens is 244 g/mol. The summed E-state index contributed by atoms with van der Waals surface area (Å²) in [7, 11) is 0. The van der Waals surface area contributed by atoms with Crippen LogP contribution in [0.15, 0.2) is 12.2 Å². The van der Waals surface area contributed by atoms with Crippen LogP contribution in [0.1, 0.15) is 77.6 Å². The molecule has 0 aromatic heterocycles. The Hall–Kier alpha value is -0.590. The third kappa shape index (κ3) is 4.20. The van der Waals surface area contributed by atoms with Crippen LogP contribution in [-0.4, -0.2) is 6.29 Å². The average molecular weight is 276 g/mol. The highest BCUT2D eigenvalue weighted by molar-refractivity contribution is 5.49. The fraction of sp³-hybridized carbons (Fsp3) is 0.842. The summed E-state index contributed by atoms with van der Waals surface area (Å²) in [5, 5.41) is 0. The first-order valence-corrected chi connectivity index (χ1v) is 8.86. The van der Waals surface area contributed by atoms with Crippen molar-refractivity contribution in [3.63, 3.8) is 0 Å². The Balaban J connectivity index is 1.73. The molecule has 0 unspecified atom stereocenters. The molecule has 0 aromatic carbocycles. The molecule has 114 valence electrons. The van der Waals surface area contributed by atoms with Crippen LogP contribution in [0, 0.1) is 23.7 Å². The maximum Gasteiger partial charge on any atom is 0.120 e. The first-order valence-electron chi connectivity index (χ1n) is 8.86. The van der Waals surface area contributed by atoms with Gasteiger partial charge in [0.05, 0.1) is 0 Å². The van der Waals surface area contributed by atoms with E-state index in [1.165, 1.54) is 57.8 Å². The van der Waals surface area contributed by atoms with Crippen molar-refractivity contribution in [1.82, 2.24) is 0 Å². The summed E-state index contributed by atoms with van der Waals surface area (Å²) in [6.07, 6.45) is 15.3. The van der Waals surface area contributed by atoms with Crippen LogP contribution < -0.4 is 0 Å². The van der Waals surface area contributed by atoms with Gasteiger partial charge in [0.2, 0.25) is 0 Å². The van der Waals surface area contributed by atoms with E-state index in [-0.39, 0.29) is 0 Å². The molecule has 0 N–H and O–H groups in total. The van der Waals surface area contributed by atoms with Crippen molar-refractivity contribution in [2.24, 2.45) is 23.7 Å². The lowest BCUT2D eigenvalue weighted by molar-refractivity contribution is -0.108. The van der Waals surface area contributed by atoms with Gasteiger partial charge in [0.1, 0.15) is 6.29 Å². The van der Waals surface area contributed by atoms with E-state index in [2.05, 4.69) is 13.5 Å². The highest BCUT2D eigenvalue weighted by Crippen LogP contribution is 2.42. The van der Waals surface area contributed by atoms with Gasteiger partial charge in [0, 0.05) is 6.42 Å². The van der Waals surface area contributed by atoms with Crippen LogP contribution in [0.5, 0.6) is 0 Å². The third-order valence-electron chi connectivity index (χ3n) is 6.01. The second-order valence-corrected chi connectivity index (χ2v) is 7.16. The van der Waals surface area contributed by atoms with Crippen LogP contribution in [-0.2, 0) is 4.79 Å². The first kappa shape index (κ1) is 15.8. The largest absolute Gasteiger partial charge is 0.303 e. The van der Waals surface area contributed by atoms with E-state index in [4.69, 9.17) is 0 Å². The molecule has 0 amide bonds. The number of rotatable bonds is 6. The third-order valence-corrected chi connectivity index (χ3v) is 6.01. The van der Waals surface area contributed by atoms with Gasteiger partial charge >= 0.3 is 0 Å². The van der Waals surface area contributed by atoms with E-state index in [0.29, 0.717) is 0 Å². The molecular formula is C19H32O. The lowest BCUT2D eigenvalue weighted by Gasteiger charge is -2.36. The van der Waals surface area contributed by atoms with E-state index in [1.807, 2.05) is 0 Å². The van der Waals surface area contributed by atoms with Gasteiger partial charge in [0.25, 0.3) is 0 Å². The van der Waals surface area contributed by atoms with Crippen molar-refractivity contribution >= 4 is 6.29 Å². The molecule has 0 bridgehead atoms. The summed E-state index contributed by atoms with van der Waals surface area (Å²) in [5.74, 6) is 3.39. The Morgan fingerprint density at radius 1 is 0.950 bits per heavy atom. The molecule has 1 heteroatoms. The smallest absolute Gasteiger partial charge is 0.120 e. The SMILES string of the molecule is C=C(C1CCC(CC)CC1)C1CCC(CCC=O)CC1. The van der Waals surface area contributed by atoms with Crippen LogP contribution in [0.2, 0.25) is 0 Å². The van der Waals surface area contributed by atoms with Crippen LogP contribution >= 0.6 is 0 Å². The molecule has 0 saturated heterocycles. The van der Waals surface area contributed by atoms with E-state index in [0.717, 1.165) is 42.8 Å². The Morgan fingerprint density at radius 2 is 1.45 bits per heavy atom. The van der Waals surface area contributed by atoms with Gasteiger partial charge < -0.3 is 4.79 Å². The van der Waals surface area contributed by atoms with Gasteiger partial charge in [-0.1, -0.05) is 25.5 Å². The monoisotopic (exact) mass is 276 g/mol. The van der Waals surface area contributed by atoms with Crippen molar-refractivity contribution in [1.29, 1.82) is 0 Å². The molecule has 2 rings (SSSR count). The summed E-state index contributed by atoms with van der Waals surface area (Å²) in [6, 6.07) is 0. The number of hydrogen-bond acceptors (Lipinski definition) is 1. The number of carbonyl (C=O) groups is 1. The average Bonchev–Trinajstić information content (AvgIpc) is 2.53. The quantitative estimate of drug-likeness (QED) is 0.459. The van der Waals surface area contributed by atoms with Crippen molar-refractivity contribution < 1.29 is 4.79 Å². The maximum atomic E-state index is 10.5. The van der Waals surface area contributed by atoms with E-state index >= 15 is 0 Å². The van der Waals surface area contributed by atoms with Gasteiger partial charge in [0.15, 0.2) is 0 Å². The van der Waals surface area contributed by atoms with Crippen molar-refractivity contribution in [3.8, 4) is 0 Å². The van der Waals surface area contributed by atoms with Gasteiger partial charge in [-0.2, -0.15) is 0 Å². The molecule has 0 spiro atoms. The molecule has 0 heterocycles. The molecule has 2 aliphatic carbocycles. The van der Waals surface area contributed by atoms with Gasteiger partial charge in [-0.15, -0.1) is 0 Å². The zero-order valence-electron chi connectivity index (χ0n) is 13.3. The van der Waals surface area contributed by atoms with Crippen LogP contribution in [0.4, 0.5) is 0 Å². The predicted molar refractivity (Wildman–Crippen MR) is 85.6 cm³/mol. The first-order chi connectivity index (χ1) is 9.74.